The lowest BCUT2D eigenvalue weighted by molar-refractivity contribution is -0.142. The van der Waals surface area contributed by atoms with Gasteiger partial charge in [-0.2, -0.15) is 0 Å². The fraction of sp³-hybridized carbons (Fsp3) is 0.429. The molecule has 20 heavy (non-hydrogen) atoms. The fourth-order valence-corrected chi connectivity index (χ4v) is 2.14. The molecule has 1 aromatic carbocycles. The maximum atomic E-state index is 11.4. The lowest BCUT2D eigenvalue weighted by Crippen LogP contribution is -2.31. The van der Waals surface area contributed by atoms with E-state index in [1.54, 1.807) is 31.3 Å². The smallest absolute Gasteiger partial charge is 0.323 e. The van der Waals surface area contributed by atoms with Crippen LogP contribution in [0.4, 0.5) is 0 Å². The van der Waals surface area contributed by atoms with Crippen molar-refractivity contribution >= 4 is 11.9 Å². The van der Waals surface area contributed by atoms with Crippen molar-refractivity contribution in [1.29, 1.82) is 0 Å². The van der Waals surface area contributed by atoms with Crippen molar-refractivity contribution in [3.63, 3.8) is 0 Å². The third-order valence-corrected chi connectivity index (χ3v) is 3.22. The maximum absolute atomic E-state index is 11.4. The van der Waals surface area contributed by atoms with Crippen LogP contribution in [0.1, 0.15) is 16.8 Å². The predicted molar refractivity (Wildman–Crippen MR) is 72.7 cm³/mol. The Morgan fingerprint density at radius 3 is 2.60 bits per heavy atom. The second-order valence-electron chi connectivity index (χ2n) is 4.56. The zero-order valence-corrected chi connectivity index (χ0v) is 11.5. The van der Waals surface area contributed by atoms with Crippen LogP contribution in [0.25, 0.3) is 0 Å². The molecule has 1 aliphatic rings. The predicted octanol–water partition coefficient (Wildman–Crippen LogP) is 0.329. The summed E-state index contributed by atoms with van der Waals surface area (Å²) in [6.45, 7) is 0.594. The summed E-state index contributed by atoms with van der Waals surface area (Å²) in [5.74, 6) is 0.269. The van der Waals surface area contributed by atoms with Crippen molar-refractivity contribution < 1.29 is 19.1 Å². The molecule has 2 atom stereocenters. The van der Waals surface area contributed by atoms with E-state index >= 15 is 0 Å². The Morgan fingerprint density at radius 2 is 2.00 bits per heavy atom. The number of esters is 1. The first-order valence-corrected chi connectivity index (χ1v) is 6.44. The number of hydrogen-bond donors (Lipinski definition) is 2. The Hall–Kier alpha value is -2.08. The van der Waals surface area contributed by atoms with Gasteiger partial charge in [0.25, 0.3) is 5.91 Å². The number of nitrogens with one attached hydrogen (secondary N) is 2. The highest BCUT2D eigenvalue weighted by Crippen LogP contribution is 2.18. The molecule has 1 aromatic rings. The molecule has 0 unspecified atom stereocenters. The highest BCUT2D eigenvalue weighted by atomic mass is 16.5. The third kappa shape index (κ3) is 3.27. The van der Waals surface area contributed by atoms with Gasteiger partial charge < -0.3 is 20.1 Å². The van der Waals surface area contributed by atoms with Crippen LogP contribution in [0.2, 0.25) is 0 Å². The second kappa shape index (κ2) is 6.38. The van der Waals surface area contributed by atoms with E-state index in [0.29, 0.717) is 24.3 Å². The van der Waals surface area contributed by atoms with E-state index in [2.05, 4.69) is 15.4 Å². The molecule has 1 amide bonds. The van der Waals surface area contributed by atoms with E-state index in [-0.39, 0.29) is 24.0 Å². The van der Waals surface area contributed by atoms with E-state index < -0.39 is 0 Å². The minimum absolute atomic E-state index is 0.0787. The topological polar surface area (TPSA) is 76.7 Å². The van der Waals surface area contributed by atoms with E-state index in [0.717, 1.165) is 0 Å². The fourth-order valence-electron chi connectivity index (χ4n) is 2.14. The van der Waals surface area contributed by atoms with Crippen molar-refractivity contribution in [2.75, 3.05) is 20.7 Å². The molecule has 1 fully saturated rings. The van der Waals surface area contributed by atoms with Crippen molar-refractivity contribution in [2.45, 2.75) is 18.6 Å². The van der Waals surface area contributed by atoms with Gasteiger partial charge in [0, 0.05) is 25.6 Å². The molecule has 0 aromatic heterocycles. The number of hydrogen-bond acceptors (Lipinski definition) is 5. The Labute approximate surface area is 117 Å². The van der Waals surface area contributed by atoms with Crippen LogP contribution in [-0.4, -0.2) is 44.7 Å². The summed E-state index contributed by atoms with van der Waals surface area (Å²) >= 11 is 0. The molecular weight excluding hydrogens is 260 g/mol. The van der Waals surface area contributed by atoms with Crippen molar-refractivity contribution in [3.05, 3.63) is 29.8 Å². The summed E-state index contributed by atoms with van der Waals surface area (Å²) in [7, 11) is 2.96. The van der Waals surface area contributed by atoms with Gasteiger partial charge in [0.2, 0.25) is 0 Å². The third-order valence-electron chi connectivity index (χ3n) is 3.22. The minimum atomic E-state index is -0.310. The largest absolute Gasteiger partial charge is 0.489 e. The van der Waals surface area contributed by atoms with Crippen LogP contribution < -0.4 is 15.4 Å². The highest BCUT2D eigenvalue weighted by molar-refractivity contribution is 5.94. The Balaban J connectivity index is 1.91. The number of rotatable bonds is 4. The van der Waals surface area contributed by atoms with Gasteiger partial charge >= 0.3 is 5.97 Å². The molecule has 1 aliphatic heterocycles. The first-order valence-electron chi connectivity index (χ1n) is 6.44. The molecule has 0 spiro atoms. The van der Waals surface area contributed by atoms with E-state index in [1.807, 2.05) is 0 Å². The average Bonchev–Trinajstić information content (AvgIpc) is 2.95. The van der Waals surface area contributed by atoms with Crippen LogP contribution in [-0.2, 0) is 9.53 Å². The van der Waals surface area contributed by atoms with Crippen molar-refractivity contribution in [1.82, 2.24) is 10.6 Å². The number of benzene rings is 1. The molecular formula is C14H18N2O4. The van der Waals surface area contributed by atoms with Crippen LogP contribution in [0.15, 0.2) is 24.3 Å². The molecule has 2 rings (SSSR count). The Kier molecular flexibility index (Phi) is 4.57. The lowest BCUT2D eigenvalue weighted by atomic mass is 10.2. The van der Waals surface area contributed by atoms with Crippen LogP contribution in [0, 0.1) is 0 Å². The van der Waals surface area contributed by atoms with Crippen LogP contribution in [0.3, 0.4) is 0 Å². The Bertz CT molecular complexity index is 486. The number of carbonyl (C=O) groups excluding carboxylic acids is 2. The van der Waals surface area contributed by atoms with Gasteiger partial charge in [0.1, 0.15) is 17.9 Å². The zero-order valence-electron chi connectivity index (χ0n) is 11.5. The molecule has 108 valence electrons. The van der Waals surface area contributed by atoms with Gasteiger partial charge in [-0.05, 0) is 24.3 Å². The highest BCUT2D eigenvalue weighted by Gasteiger charge is 2.31. The lowest BCUT2D eigenvalue weighted by Gasteiger charge is -2.13. The first-order chi connectivity index (χ1) is 9.63. The number of ether oxygens (including phenoxy) is 2. The molecule has 6 nitrogen and oxygen atoms in total. The van der Waals surface area contributed by atoms with Crippen molar-refractivity contribution in [2.24, 2.45) is 0 Å². The summed E-state index contributed by atoms with van der Waals surface area (Å²) in [6.07, 6.45) is 0.495. The van der Waals surface area contributed by atoms with Crippen molar-refractivity contribution in [3.8, 4) is 5.75 Å². The van der Waals surface area contributed by atoms with Crippen LogP contribution >= 0.6 is 0 Å². The maximum Gasteiger partial charge on any atom is 0.323 e. The van der Waals surface area contributed by atoms with Gasteiger partial charge in [-0.15, -0.1) is 0 Å². The Morgan fingerprint density at radius 1 is 1.30 bits per heavy atom. The van der Waals surface area contributed by atoms with Gasteiger partial charge in [-0.3, -0.25) is 9.59 Å². The molecule has 0 bridgehead atoms. The van der Waals surface area contributed by atoms with E-state index in [1.165, 1.54) is 7.11 Å². The monoisotopic (exact) mass is 278 g/mol. The molecule has 0 aliphatic carbocycles. The zero-order chi connectivity index (χ0) is 14.5. The minimum Gasteiger partial charge on any atom is -0.489 e. The van der Waals surface area contributed by atoms with Crippen LogP contribution in [0.5, 0.6) is 5.75 Å². The van der Waals surface area contributed by atoms with E-state index in [9.17, 15) is 9.59 Å². The summed E-state index contributed by atoms with van der Waals surface area (Å²) in [5.41, 5.74) is 0.580. The van der Waals surface area contributed by atoms with Gasteiger partial charge in [0.15, 0.2) is 0 Å². The quantitative estimate of drug-likeness (QED) is 0.776. The molecule has 1 saturated heterocycles. The SMILES string of the molecule is CNC(=O)c1ccc(O[C@@H]2CN[C@H](C(=O)OC)C2)cc1. The molecule has 0 saturated carbocycles. The summed E-state index contributed by atoms with van der Waals surface area (Å²) in [4.78, 5) is 22.8. The normalized spacial score (nSPS) is 21.3. The summed E-state index contributed by atoms with van der Waals surface area (Å²) in [6, 6.07) is 6.59. The molecule has 6 heteroatoms. The first kappa shape index (κ1) is 14.3. The van der Waals surface area contributed by atoms with Gasteiger partial charge in [-0.1, -0.05) is 0 Å². The van der Waals surface area contributed by atoms with Gasteiger partial charge in [0.05, 0.1) is 7.11 Å². The number of amides is 1. The average molecular weight is 278 g/mol. The van der Waals surface area contributed by atoms with E-state index in [4.69, 9.17) is 4.74 Å². The summed E-state index contributed by atoms with van der Waals surface area (Å²) in [5, 5.41) is 5.61. The molecule has 1 heterocycles. The standard InChI is InChI=1S/C14H18N2O4/c1-15-13(17)9-3-5-10(6-4-9)20-11-7-12(16-8-11)14(18)19-2/h3-6,11-12,16H,7-8H2,1-2H3,(H,15,17)/t11-,12-/m0/s1. The molecule has 0 radical (unpaired) electrons. The second-order valence-corrected chi connectivity index (χ2v) is 4.56. The number of carbonyl (C=O) groups is 2. The van der Waals surface area contributed by atoms with Gasteiger partial charge in [-0.25, -0.2) is 0 Å². The number of methoxy groups -OCH3 is 1. The summed E-state index contributed by atoms with van der Waals surface area (Å²) < 4.78 is 10.5. The molecule has 2 N–H and O–H groups in total.